The summed E-state index contributed by atoms with van der Waals surface area (Å²) in [4.78, 5) is 0. The molecule has 1 aromatic rings. The molecule has 0 aliphatic heterocycles. The van der Waals surface area contributed by atoms with Crippen LogP contribution in [0.1, 0.15) is 238 Å². The van der Waals surface area contributed by atoms with E-state index in [9.17, 15) is 0 Å². The molecule has 1 rings (SSSR count). The van der Waals surface area contributed by atoms with Gasteiger partial charge in [0.05, 0.1) is 33.6 Å². The molecule has 1 aromatic carbocycles. The topological polar surface area (TPSA) is 55.4 Å². The molecule has 0 amide bonds. The normalized spacial score (nSPS) is 14.2. The quantitative estimate of drug-likeness (QED) is 0.0688. The maximum atomic E-state index is 6.52. The van der Waals surface area contributed by atoms with E-state index in [2.05, 4.69) is 149 Å². The van der Waals surface area contributed by atoms with Crippen LogP contribution in [0.3, 0.4) is 0 Å². The molecule has 0 spiro atoms. The van der Waals surface area contributed by atoms with Crippen molar-refractivity contribution in [3.8, 4) is 0 Å². The largest absolute Gasteiger partial charge is 0.322 e. The van der Waals surface area contributed by atoms with Crippen molar-refractivity contribution in [3.63, 3.8) is 0 Å². The van der Waals surface area contributed by atoms with Crippen LogP contribution in [-0.4, -0.2) is 45.6 Å². The molecule has 56 heavy (non-hydrogen) atoms. The predicted octanol–water partition coefficient (Wildman–Crippen LogP) is 15.2. The molecule has 0 N–H and O–H groups in total. The lowest BCUT2D eigenvalue weighted by molar-refractivity contribution is -0.450. The second-order valence-corrected chi connectivity index (χ2v) is 22.4. The number of aryl methyl sites for hydroxylation is 2. The van der Waals surface area contributed by atoms with E-state index < -0.39 is 11.9 Å². The van der Waals surface area contributed by atoms with Crippen LogP contribution in [0, 0.1) is 0 Å². The highest BCUT2D eigenvalue weighted by molar-refractivity contribution is 5.23. The molecule has 0 unspecified atom stereocenters. The van der Waals surface area contributed by atoms with E-state index in [1.165, 1.54) is 88.2 Å². The molecule has 0 aliphatic rings. The van der Waals surface area contributed by atoms with Crippen molar-refractivity contribution in [2.45, 2.75) is 286 Å². The second-order valence-electron chi connectivity index (χ2n) is 22.4. The van der Waals surface area contributed by atoms with Crippen molar-refractivity contribution in [3.05, 3.63) is 35.4 Å². The maximum absolute atomic E-state index is 6.52. The molecular formula is C50H94O6. The van der Waals surface area contributed by atoms with Crippen LogP contribution in [0.15, 0.2) is 24.3 Å². The molecule has 0 saturated heterocycles. The molecule has 0 aromatic heterocycles. The molecule has 0 atom stereocenters. The van der Waals surface area contributed by atoms with Crippen molar-refractivity contribution in [2.24, 2.45) is 0 Å². The summed E-state index contributed by atoms with van der Waals surface area (Å²) >= 11 is 0. The Morgan fingerprint density at radius 2 is 0.518 bits per heavy atom. The highest BCUT2D eigenvalue weighted by atomic mass is 16.9. The third-order valence-corrected chi connectivity index (χ3v) is 8.66. The Hall–Kier alpha value is -1.02. The summed E-state index contributed by atoms with van der Waals surface area (Å²) in [5.74, 6) is -2.10. The van der Waals surface area contributed by atoms with Crippen LogP contribution >= 0.6 is 0 Å². The average Bonchev–Trinajstić information content (AvgIpc) is 2.94. The number of hydrogen-bond donors (Lipinski definition) is 0. The van der Waals surface area contributed by atoms with Crippen molar-refractivity contribution in [1.29, 1.82) is 0 Å². The highest BCUT2D eigenvalue weighted by Crippen LogP contribution is 2.38. The first-order valence-electron chi connectivity index (χ1n) is 22.7. The maximum Gasteiger partial charge on any atom is 0.284 e. The minimum Gasteiger partial charge on any atom is -0.322 e. The molecule has 6 heteroatoms. The molecule has 0 aliphatic carbocycles. The summed E-state index contributed by atoms with van der Waals surface area (Å²) in [7, 11) is 0. The summed E-state index contributed by atoms with van der Waals surface area (Å²) in [6, 6.07) is 9.34. The molecular weight excluding hydrogens is 697 g/mol. The molecule has 6 nitrogen and oxygen atoms in total. The van der Waals surface area contributed by atoms with E-state index in [1.54, 1.807) is 0 Å². The van der Waals surface area contributed by atoms with Gasteiger partial charge in [-0.05, 0) is 174 Å². The van der Waals surface area contributed by atoms with E-state index in [0.29, 0.717) is 0 Å². The third kappa shape index (κ3) is 28.4. The van der Waals surface area contributed by atoms with Crippen LogP contribution < -0.4 is 0 Å². The molecule has 0 saturated carbocycles. The Labute approximate surface area is 348 Å². The van der Waals surface area contributed by atoms with E-state index in [1.807, 2.05) is 0 Å². The summed E-state index contributed by atoms with van der Waals surface area (Å²) in [6.45, 7) is 37.3. The van der Waals surface area contributed by atoms with Gasteiger partial charge in [-0.25, -0.2) is 0 Å². The average molecular weight is 791 g/mol. The monoisotopic (exact) mass is 791 g/mol. The number of rotatable bonds is 26. The van der Waals surface area contributed by atoms with Gasteiger partial charge in [0.15, 0.2) is 0 Å². The van der Waals surface area contributed by atoms with Crippen LogP contribution in [0.25, 0.3) is 0 Å². The minimum atomic E-state index is -1.05. The van der Waals surface area contributed by atoms with Gasteiger partial charge < -0.3 is 28.4 Å². The van der Waals surface area contributed by atoms with Gasteiger partial charge in [-0.2, -0.15) is 0 Å². The zero-order chi connectivity index (χ0) is 43.0. The third-order valence-electron chi connectivity index (χ3n) is 8.66. The van der Waals surface area contributed by atoms with Gasteiger partial charge in [-0.1, -0.05) is 88.5 Å². The number of unbranched alkanes of at least 4 members (excludes halogenated alkanes) is 12. The Balaban J connectivity index is 2.39. The fourth-order valence-corrected chi connectivity index (χ4v) is 7.28. The van der Waals surface area contributed by atoms with Gasteiger partial charge in [0.25, 0.3) is 11.9 Å². The first-order valence-corrected chi connectivity index (χ1v) is 22.7. The van der Waals surface area contributed by atoms with Crippen molar-refractivity contribution in [1.82, 2.24) is 0 Å². The highest BCUT2D eigenvalue weighted by Gasteiger charge is 2.45. The fraction of sp³-hybridized carbons (Fsp3) is 0.880. The van der Waals surface area contributed by atoms with Gasteiger partial charge in [-0.3, -0.25) is 0 Å². The molecule has 330 valence electrons. The Kier molecular flexibility index (Phi) is 21.9. The molecule has 0 heterocycles. The van der Waals surface area contributed by atoms with Crippen molar-refractivity contribution in [2.75, 3.05) is 0 Å². The Morgan fingerprint density at radius 1 is 0.304 bits per heavy atom. The zero-order valence-corrected chi connectivity index (χ0v) is 40.5. The van der Waals surface area contributed by atoms with E-state index in [4.69, 9.17) is 28.4 Å². The standard InChI is InChI=1S/C50H94O6/c1-43(2,3)51-49(52-44(4,5)6,53-45(7,8)9)38-31-27-23-19-21-25-29-34-41-36-33-37-42(40-41)35-30-26-22-20-24-28-32-39-50(54-46(10,11)12,55-47(13,14)15)56-48(16,17)18/h33,36-37,40H,19-32,34-35,38-39H2,1-18H3. The summed E-state index contributed by atoms with van der Waals surface area (Å²) in [5, 5.41) is 0. The first kappa shape index (κ1) is 53.0. The number of ether oxygens (including phenoxy) is 6. The van der Waals surface area contributed by atoms with Crippen molar-refractivity contribution < 1.29 is 28.4 Å². The summed E-state index contributed by atoms with van der Waals surface area (Å²) < 4.78 is 39.1. The SMILES string of the molecule is CC(C)(C)OC(CCCCCCCCCc1cccc(CCCCCCCCCC(OC(C)(C)C)(OC(C)(C)C)OC(C)(C)C)c1)(OC(C)(C)C)OC(C)(C)C. The Bertz CT molecular complexity index is 1010. The molecule has 0 radical (unpaired) electrons. The summed E-state index contributed by atoms with van der Waals surface area (Å²) in [5.41, 5.74) is 0.737. The lowest BCUT2D eigenvalue weighted by atomic mass is 9.99. The van der Waals surface area contributed by atoms with Gasteiger partial charge in [-0.15, -0.1) is 0 Å². The van der Waals surface area contributed by atoms with Crippen LogP contribution in [0.2, 0.25) is 0 Å². The molecule has 0 bridgehead atoms. The van der Waals surface area contributed by atoms with E-state index in [-0.39, 0.29) is 33.6 Å². The van der Waals surface area contributed by atoms with E-state index in [0.717, 1.165) is 38.5 Å². The van der Waals surface area contributed by atoms with Gasteiger partial charge in [0, 0.05) is 12.8 Å². The van der Waals surface area contributed by atoms with Gasteiger partial charge in [0.1, 0.15) is 0 Å². The lowest BCUT2D eigenvalue weighted by Crippen LogP contribution is -2.52. The smallest absolute Gasteiger partial charge is 0.284 e. The number of hydrogen-bond acceptors (Lipinski definition) is 6. The van der Waals surface area contributed by atoms with Gasteiger partial charge in [0.2, 0.25) is 0 Å². The van der Waals surface area contributed by atoms with E-state index >= 15 is 0 Å². The number of benzene rings is 1. The Morgan fingerprint density at radius 3 is 0.750 bits per heavy atom. The second kappa shape index (κ2) is 23.1. The fourth-order valence-electron chi connectivity index (χ4n) is 7.28. The minimum absolute atomic E-state index is 0.375. The zero-order valence-electron chi connectivity index (χ0n) is 40.5. The van der Waals surface area contributed by atoms with Crippen LogP contribution in [-0.2, 0) is 41.3 Å². The van der Waals surface area contributed by atoms with Crippen LogP contribution in [0.4, 0.5) is 0 Å². The van der Waals surface area contributed by atoms with Crippen molar-refractivity contribution >= 4 is 0 Å². The molecule has 0 fully saturated rings. The summed E-state index contributed by atoms with van der Waals surface area (Å²) in [6.07, 6.45) is 20.9. The lowest BCUT2D eigenvalue weighted by Gasteiger charge is -2.45. The van der Waals surface area contributed by atoms with Gasteiger partial charge >= 0.3 is 0 Å². The van der Waals surface area contributed by atoms with Crippen LogP contribution in [0.5, 0.6) is 0 Å². The first-order chi connectivity index (χ1) is 25.4. The predicted molar refractivity (Wildman–Crippen MR) is 238 cm³/mol.